The Bertz CT molecular complexity index is 510. The molecular formula is C11H15NO3S. The van der Waals surface area contributed by atoms with Crippen LogP contribution in [0.5, 0.6) is 5.75 Å². The second-order valence-electron chi connectivity index (χ2n) is 4.10. The zero-order valence-corrected chi connectivity index (χ0v) is 10.1. The van der Waals surface area contributed by atoms with E-state index in [1.165, 1.54) is 0 Å². The minimum absolute atomic E-state index is 0.233. The Hall–Kier alpha value is -1.07. The summed E-state index contributed by atoms with van der Waals surface area (Å²) in [5.74, 6) is 0.638. The van der Waals surface area contributed by atoms with E-state index in [-0.39, 0.29) is 6.04 Å². The molecular weight excluding hydrogens is 226 g/mol. The molecule has 2 unspecified atom stereocenters. The molecule has 0 saturated heterocycles. The van der Waals surface area contributed by atoms with Gasteiger partial charge in [-0.15, -0.1) is 0 Å². The van der Waals surface area contributed by atoms with Gasteiger partial charge in [-0.3, -0.25) is 0 Å². The number of nitrogens with two attached hydrogens (primary N) is 1. The molecule has 0 saturated carbocycles. The van der Waals surface area contributed by atoms with Crippen molar-refractivity contribution in [1.82, 2.24) is 0 Å². The minimum Gasteiger partial charge on any atom is -0.497 e. The van der Waals surface area contributed by atoms with Gasteiger partial charge in [0, 0.05) is 6.04 Å². The molecule has 2 atom stereocenters. The highest BCUT2D eigenvalue weighted by molar-refractivity contribution is 7.92. The van der Waals surface area contributed by atoms with Gasteiger partial charge in [-0.05, 0) is 37.1 Å². The lowest BCUT2D eigenvalue weighted by molar-refractivity contribution is 0.412. The third-order valence-corrected chi connectivity index (χ3v) is 5.28. The van der Waals surface area contributed by atoms with E-state index in [0.717, 1.165) is 0 Å². The van der Waals surface area contributed by atoms with Gasteiger partial charge in [0.1, 0.15) is 5.75 Å². The molecule has 0 aromatic heterocycles. The molecule has 1 heterocycles. The second kappa shape index (κ2) is 3.75. The van der Waals surface area contributed by atoms with Crippen LogP contribution >= 0.6 is 0 Å². The van der Waals surface area contributed by atoms with Crippen LogP contribution < -0.4 is 10.5 Å². The number of rotatable bonds is 1. The molecule has 1 aromatic rings. The summed E-state index contributed by atoms with van der Waals surface area (Å²) < 4.78 is 29.2. The number of sulfone groups is 1. The van der Waals surface area contributed by atoms with E-state index in [1.54, 1.807) is 32.2 Å². The maximum Gasteiger partial charge on any atom is 0.181 e. The van der Waals surface area contributed by atoms with Crippen LogP contribution in [0.2, 0.25) is 0 Å². The van der Waals surface area contributed by atoms with Gasteiger partial charge in [-0.2, -0.15) is 0 Å². The van der Waals surface area contributed by atoms with Gasteiger partial charge in [0.25, 0.3) is 0 Å². The summed E-state index contributed by atoms with van der Waals surface area (Å²) in [5.41, 5.74) is 6.63. The van der Waals surface area contributed by atoms with Crippen molar-refractivity contribution in [3.05, 3.63) is 23.8 Å². The van der Waals surface area contributed by atoms with Gasteiger partial charge in [0.15, 0.2) is 9.84 Å². The first-order valence-electron chi connectivity index (χ1n) is 5.14. The van der Waals surface area contributed by atoms with Crippen LogP contribution in [-0.4, -0.2) is 20.8 Å². The molecule has 1 aliphatic heterocycles. The Morgan fingerprint density at radius 3 is 2.75 bits per heavy atom. The molecule has 2 rings (SSSR count). The lowest BCUT2D eigenvalue weighted by Crippen LogP contribution is -2.31. The van der Waals surface area contributed by atoms with Crippen LogP contribution in [0, 0.1) is 0 Å². The summed E-state index contributed by atoms with van der Waals surface area (Å²) in [7, 11) is -1.67. The smallest absolute Gasteiger partial charge is 0.181 e. The van der Waals surface area contributed by atoms with Crippen LogP contribution in [0.3, 0.4) is 0 Å². The predicted molar refractivity (Wildman–Crippen MR) is 61.2 cm³/mol. The van der Waals surface area contributed by atoms with Gasteiger partial charge in [0.2, 0.25) is 0 Å². The molecule has 1 aliphatic rings. The monoisotopic (exact) mass is 241 g/mol. The molecule has 2 N–H and O–H groups in total. The highest BCUT2D eigenvalue weighted by Crippen LogP contribution is 2.36. The zero-order chi connectivity index (χ0) is 11.9. The van der Waals surface area contributed by atoms with E-state index < -0.39 is 15.1 Å². The van der Waals surface area contributed by atoms with Crippen LogP contribution in [-0.2, 0) is 9.84 Å². The Balaban J connectivity index is 2.64. The number of ether oxygens (including phenoxy) is 1. The molecule has 0 amide bonds. The first-order chi connectivity index (χ1) is 7.46. The molecule has 4 nitrogen and oxygen atoms in total. The van der Waals surface area contributed by atoms with Crippen molar-refractivity contribution in [3.63, 3.8) is 0 Å². The lowest BCUT2D eigenvalue weighted by atomic mass is 10.0. The Morgan fingerprint density at radius 1 is 1.44 bits per heavy atom. The molecule has 1 aromatic carbocycles. The fraction of sp³-hybridized carbons (Fsp3) is 0.455. The number of methoxy groups -OCH3 is 1. The van der Waals surface area contributed by atoms with Crippen molar-refractivity contribution in [2.75, 3.05) is 7.11 Å². The first-order valence-corrected chi connectivity index (χ1v) is 6.69. The fourth-order valence-electron chi connectivity index (χ4n) is 2.03. The number of benzene rings is 1. The topological polar surface area (TPSA) is 69.4 Å². The van der Waals surface area contributed by atoms with E-state index in [1.807, 2.05) is 0 Å². The van der Waals surface area contributed by atoms with E-state index in [9.17, 15) is 8.42 Å². The highest BCUT2D eigenvalue weighted by Gasteiger charge is 2.34. The van der Waals surface area contributed by atoms with E-state index in [4.69, 9.17) is 10.5 Å². The standard InChI is InChI=1S/C11H15NO3S/c1-7-5-10(12)9-6-8(15-2)3-4-11(9)16(7,13)14/h3-4,6-7,10H,5,12H2,1-2H3. The van der Waals surface area contributed by atoms with Crippen LogP contribution in [0.15, 0.2) is 23.1 Å². The molecule has 16 heavy (non-hydrogen) atoms. The van der Waals surface area contributed by atoms with Crippen molar-refractivity contribution in [1.29, 1.82) is 0 Å². The second-order valence-corrected chi connectivity index (χ2v) is 6.44. The largest absolute Gasteiger partial charge is 0.497 e. The third-order valence-electron chi connectivity index (χ3n) is 3.04. The maximum absolute atomic E-state index is 12.1. The Kier molecular flexibility index (Phi) is 2.67. The summed E-state index contributed by atoms with van der Waals surface area (Å²) in [5, 5.41) is -0.414. The van der Waals surface area contributed by atoms with Gasteiger partial charge in [-0.1, -0.05) is 0 Å². The quantitative estimate of drug-likeness (QED) is 0.803. The Labute approximate surface area is 95.3 Å². The number of fused-ring (bicyclic) bond motifs is 1. The summed E-state index contributed by atoms with van der Waals surface area (Å²) in [6.07, 6.45) is 0.461. The molecule has 0 bridgehead atoms. The summed E-state index contributed by atoms with van der Waals surface area (Å²) in [6.45, 7) is 1.70. The Morgan fingerprint density at radius 2 is 2.12 bits per heavy atom. The lowest BCUT2D eigenvalue weighted by Gasteiger charge is -2.27. The SMILES string of the molecule is COc1ccc2c(c1)C(N)CC(C)S2(=O)=O. The number of hydrogen-bond acceptors (Lipinski definition) is 4. The third kappa shape index (κ3) is 1.60. The van der Waals surface area contributed by atoms with Gasteiger partial charge in [0.05, 0.1) is 17.3 Å². The minimum atomic E-state index is -3.21. The fourth-order valence-corrected chi connectivity index (χ4v) is 3.72. The number of hydrogen-bond donors (Lipinski definition) is 1. The van der Waals surface area contributed by atoms with Crippen molar-refractivity contribution in [2.24, 2.45) is 5.73 Å². The van der Waals surface area contributed by atoms with Crippen molar-refractivity contribution < 1.29 is 13.2 Å². The molecule has 88 valence electrons. The summed E-state index contributed by atoms with van der Waals surface area (Å²) in [6, 6.07) is 4.72. The van der Waals surface area contributed by atoms with E-state index in [2.05, 4.69) is 0 Å². The maximum atomic E-state index is 12.1. The summed E-state index contributed by atoms with van der Waals surface area (Å²) in [4.78, 5) is 0.347. The normalized spacial score (nSPS) is 27.2. The van der Waals surface area contributed by atoms with Gasteiger partial charge >= 0.3 is 0 Å². The predicted octanol–water partition coefficient (Wildman–Crippen LogP) is 1.26. The van der Waals surface area contributed by atoms with Crippen LogP contribution in [0.1, 0.15) is 24.9 Å². The van der Waals surface area contributed by atoms with E-state index in [0.29, 0.717) is 22.6 Å². The average molecular weight is 241 g/mol. The highest BCUT2D eigenvalue weighted by atomic mass is 32.2. The van der Waals surface area contributed by atoms with Crippen molar-refractivity contribution in [2.45, 2.75) is 29.5 Å². The molecule has 0 aliphatic carbocycles. The summed E-state index contributed by atoms with van der Waals surface area (Å²) >= 11 is 0. The van der Waals surface area contributed by atoms with Gasteiger partial charge < -0.3 is 10.5 Å². The molecule has 0 fully saturated rings. The average Bonchev–Trinajstić information content (AvgIpc) is 2.26. The van der Waals surface area contributed by atoms with Crippen LogP contribution in [0.25, 0.3) is 0 Å². The van der Waals surface area contributed by atoms with Crippen molar-refractivity contribution >= 4 is 9.84 Å². The van der Waals surface area contributed by atoms with Gasteiger partial charge in [-0.25, -0.2) is 8.42 Å². The first kappa shape index (κ1) is 11.4. The van der Waals surface area contributed by atoms with Crippen LogP contribution in [0.4, 0.5) is 0 Å². The van der Waals surface area contributed by atoms with Crippen molar-refractivity contribution in [3.8, 4) is 5.75 Å². The molecule has 0 radical (unpaired) electrons. The molecule has 5 heteroatoms. The molecule has 0 spiro atoms. The van der Waals surface area contributed by atoms with E-state index >= 15 is 0 Å². The zero-order valence-electron chi connectivity index (χ0n) is 9.30.